The van der Waals surface area contributed by atoms with E-state index in [0.29, 0.717) is 22.5 Å². The van der Waals surface area contributed by atoms with Crippen molar-refractivity contribution in [2.24, 2.45) is 0 Å². The molecule has 1 aliphatic rings. The number of aromatic nitrogens is 3. The molecule has 7 heteroatoms. The van der Waals surface area contributed by atoms with E-state index in [9.17, 15) is 0 Å². The Bertz CT molecular complexity index is 990. The van der Waals surface area contributed by atoms with E-state index in [1.54, 1.807) is 0 Å². The first-order valence-corrected chi connectivity index (χ1v) is 9.92. The Morgan fingerprint density at radius 2 is 1.93 bits per heavy atom. The maximum atomic E-state index is 6.27. The van der Waals surface area contributed by atoms with Crippen LogP contribution in [-0.2, 0) is 0 Å². The maximum absolute atomic E-state index is 6.27. The lowest BCUT2D eigenvalue weighted by Crippen LogP contribution is -2.17. The fraction of sp³-hybridized carbons (Fsp3) is 0.190. The molecule has 0 saturated carbocycles. The van der Waals surface area contributed by atoms with Crippen LogP contribution in [0.1, 0.15) is 11.8 Å². The number of hydrogen-bond acceptors (Lipinski definition) is 7. The highest BCUT2D eigenvalue weighted by molar-refractivity contribution is 7.99. The van der Waals surface area contributed by atoms with Crippen molar-refractivity contribution in [1.82, 2.24) is 15.2 Å². The molecule has 142 valence electrons. The number of para-hydroxylation sites is 1. The largest absolute Gasteiger partial charge is 0.448 e. The average Bonchev–Trinajstić information content (AvgIpc) is 2.88. The van der Waals surface area contributed by atoms with Gasteiger partial charge >= 0.3 is 0 Å². The summed E-state index contributed by atoms with van der Waals surface area (Å²) in [7, 11) is 4.04. The van der Waals surface area contributed by atoms with E-state index in [0.717, 1.165) is 22.5 Å². The van der Waals surface area contributed by atoms with Crippen LogP contribution >= 0.6 is 11.8 Å². The quantitative estimate of drug-likeness (QED) is 0.511. The molecule has 0 saturated heterocycles. The summed E-state index contributed by atoms with van der Waals surface area (Å²) in [5, 5.41) is 12.7. The smallest absolute Gasteiger partial charge is 0.247 e. The lowest BCUT2D eigenvalue weighted by atomic mass is 10.1. The number of anilines is 2. The zero-order valence-electron chi connectivity index (χ0n) is 15.8. The molecule has 0 unspecified atom stereocenters. The SMILES string of the molecule is C=CCSc1nnc2c(n1)O[C@H](c1ccc(N(C)C)cc1)Nc1ccccc1-2. The van der Waals surface area contributed by atoms with E-state index < -0.39 is 0 Å². The highest BCUT2D eigenvalue weighted by Gasteiger charge is 2.26. The Balaban J connectivity index is 1.75. The first kappa shape index (κ1) is 18.3. The van der Waals surface area contributed by atoms with Crippen LogP contribution in [0, 0.1) is 0 Å². The predicted octanol–water partition coefficient (Wildman–Crippen LogP) is 4.39. The summed E-state index contributed by atoms with van der Waals surface area (Å²) in [5.74, 6) is 1.19. The predicted molar refractivity (Wildman–Crippen MR) is 114 cm³/mol. The van der Waals surface area contributed by atoms with Crippen molar-refractivity contribution in [3.63, 3.8) is 0 Å². The lowest BCUT2D eigenvalue weighted by molar-refractivity contribution is 0.225. The average molecular weight is 392 g/mol. The van der Waals surface area contributed by atoms with Gasteiger partial charge in [0, 0.05) is 42.3 Å². The van der Waals surface area contributed by atoms with Crippen LogP contribution in [0.2, 0.25) is 0 Å². The zero-order chi connectivity index (χ0) is 19.5. The third-order valence-electron chi connectivity index (χ3n) is 4.38. The molecule has 0 bridgehead atoms. The molecule has 1 aliphatic heterocycles. The van der Waals surface area contributed by atoms with Crippen molar-refractivity contribution < 1.29 is 4.74 Å². The zero-order valence-corrected chi connectivity index (χ0v) is 16.6. The molecule has 0 spiro atoms. The van der Waals surface area contributed by atoms with E-state index >= 15 is 0 Å². The van der Waals surface area contributed by atoms with Gasteiger partial charge in [-0.2, -0.15) is 4.98 Å². The van der Waals surface area contributed by atoms with Crippen molar-refractivity contribution in [1.29, 1.82) is 0 Å². The molecule has 0 fully saturated rings. The second kappa shape index (κ2) is 7.90. The fourth-order valence-corrected chi connectivity index (χ4v) is 3.45. The Morgan fingerprint density at radius 3 is 2.68 bits per heavy atom. The number of benzene rings is 2. The van der Waals surface area contributed by atoms with Crippen molar-refractivity contribution in [2.75, 3.05) is 30.1 Å². The van der Waals surface area contributed by atoms with Gasteiger partial charge in [0.05, 0.1) is 0 Å². The standard InChI is InChI=1S/C21H21N5OS/c1-4-13-28-21-23-20-18(24-25-21)16-7-5-6-8-17(16)22-19(27-20)14-9-11-15(12-10-14)26(2)3/h4-12,19,22H,1,13H2,2-3H3/t19-/m1/s1. The number of fused-ring (bicyclic) bond motifs is 3. The normalized spacial score (nSPS) is 14.7. The molecule has 1 aromatic heterocycles. The van der Waals surface area contributed by atoms with Crippen LogP contribution in [-0.4, -0.2) is 35.0 Å². The van der Waals surface area contributed by atoms with Crippen LogP contribution in [0.25, 0.3) is 11.3 Å². The second-order valence-electron chi connectivity index (χ2n) is 6.52. The van der Waals surface area contributed by atoms with E-state index in [1.165, 1.54) is 11.8 Å². The van der Waals surface area contributed by atoms with Gasteiger partial charge in [0.1, 0.15) is 0 Å². The van der Waals surface area contributed by atoms with Crippen molar-refractivity contribution >= 4 is 23.1 Å². The molecule has 1 atom stereocenters. The van der Waals surface area contributed by atoms with Gasteiger partial charge in [0.2, 0.25) is 11.0 Å². The molecule has 4 rings (SSSR count). The van der Waals surface area contributed by atoms with Crippen molar-refractivity contribution in [3.05, 3.63) is 66.7 Å². The number of nitrogens with zero attached hydrogens (tertiary/aromatic N) is 4. The van der Waals surface area contributed by atoms with Gasteiger partial charge in [-0.15, -0.1) is 16.8 Å². The van der Waals surface area contributed by atoms with Crippen LogP contribution in [0.5, 0.6) is 5.88 Å². The number of nitrogens with one attached hydrogen (secondary N) is 1. The third kappa shape index (κ3) is 3.66. The fourth-order valence-electron chi connectivity index (χ4n) is 2.94. The summed E-state index contributed by atoms with van der Waals surface area (Å²) in [5.41, 5.74) is 4.63. The molecule has 1 N–H and O–H groups in total. The highest BCUT2D eigenvalue weighted by Crippen LogP contribution is 2.39. The maximum Gasteiger partial charge on any atom is 0.247 e. The summed E-state index contributed by atoms with van der Waals surface area (Å²) in [6, 6.07) is 16.2. The first-order chi connectivity index (χ1) is 13.7. The van der Waals surface area contributed by atoms with Gasteiger partial charge in [-0.1, -0.05) is 48.2 Å². The van der Waals surface area contributed by atoms with E-state index in [4.69, 9.17) is 4.74 Å². The van der Waals surface area contributed by atoms with E-state index in [-0.39, 0.29) is 6.23 Å². The van der Waals surface area contributed by atoms with E-state index in [2.05, 4.69) is 56.2 Å². The summed E-state index contributed by atoms with van der Waals surface area (Å²) in [4.78, 5) is 6.67. The van der Waals surface area contributed by atoms with Crippen molar-refractivity contribution in [2.45, 2.75) is 11.4 Å². The van der Waals surface area contributed by atoms with Gasteiger partial charge in [0.25, 0.3) is 0 Å². The lowest BCUT2D eigenvalue weighted by Gasteiger charge is -2.20. The van der Waals surface area contributed by atoms with Gasteiger partial charge in [-0.25, -0.2) is 0 Å². The van der Waals surface area contributed by atoms with Crippen LogP contribution < -0.4 is 15.0 Å². The number of rotatable bonds is 5. The summed E-state index contributed by atoms with van der Waals surface area (Å²) >= 11 is 1.47. The Kier molecular flexibility index (Phi) is 5.16. The van der Waals surface area contributed by atoms with Crippen LogP contribution in [0.15, 0.2) is 66.3 Å². The molecule has 6 nitrogen and oxygen atoms in total. The van der Waals surface area contributed by atoms with Crippen LogP contribution in [0.3, 0.4) is 0 Å². The Labute approximate surface area is 168 Å². The number of ether oxygens (including phenoxy) is 1. The topological polar surface area (TPSA) is 63.2 Å². The first-order valence-electron chi connectivity index (χ1n) is 8.94. The second-order valence-corrected chi connectivity index (χ2v) is 7.51. The van der Waals surface area contributed by atoms with Gasteiger partial charge < -0.3 is 15.0 Å². The molecule has 0 amide bonds. The molecule has 2 heterocycles. The minimum atomic E-state index is -0.382. The van der Waals surface area contributed by atoms with Crippen molar-refractivity contribution in [3.8, 4) is 17.1 Å². The Hall–Kier alpha value is -3.06. The molecular weight excluding hydrogens is 370 g/mol. The number of thioether (sulfide) groups is 1. The van der Waals surface area contributed by atoms with Crippen LogP contribution in [0.4, 0.5) is 11.4 Å². The summed E-state index contributed by atoms with van der Waals surface area (Å²) in [6.45, 7) is 3.74. The Morgan fingerprint density at radius 1 is 1.14 bits per heavy atom. The minimum absolute atomic E-state index is 0.382. The molecular formula is C21H21N5OS. The molecule has 0 radical (unpaired) electrons. The monoisotopic (exact) mass is 391 g/mol. The van der Waals surface area contributed by atoms with Gasteiger partial charge in [0.15, 0.2) is 11.9 Å². The third-order valence-corrected chi connectivity index (χ3v) is 5.21. The molecule has 28 heavy (non-hydrogen) atoms. The molecule has 2 aromatic carbocycles. The summed E-state index contributed by atoms with van der Waals surface area (Å²) in [6.07, 6.45) is 1.43. The molecule has 3 aromatic rings. The number of hydrogen-bond donors (Lipinski definition) is 1. The van der Waals surface area contributed by atoms with Gasteiger partial charge in [-0.05, 0) is 18.2 Å². The minimum Gasteiger partial charge on any atom is -0.448 e. The van der Waals surface area contributed by atoms with E-state index in [1.807, 2.05) is 44.4 Å². The summed E-state index contributed by atoms with van der Waals surface area (Å²) < 4.78 is 6.27. The van der Waals surface area contributed by atoms with Gasteiger partial charge in [-0.3, -0.25) is 0 Å². The highest BCUT2D eigenvalue weighted by atomic mass is 32.2. The molecule has 0 aliphatic carbocycles.